The van der Waals surface area contributed by atoms with E-state index in [1.54, 1.807) is 14.2 Å². The van der Waals surface area contributed by atoms with Crippen molar-refractivity contribution < 1.29 is 24.1 Å². The summed E-state index contributed by atoms with van der Waals surface area (Å²) in [6, 6.07) is 4.20. The number of methoxy groups -OCH3 is 2. The topological polar surface area (TPSA) is 57.2 Å². The lowest BCUT2D eigenvalue weighted by Gasteiger charge is -2.42. The summed E-state index contributed by atoms with van der Waals surface area (Å²) in [5, 5.41) is 11.6. The Morgan fingerprint density at radius 3 is 2.00 bits per heavy atom. The Balaban J connectivity index is 1.86. The fourth-order valence-corrected chi connectivity index (χ4v) is 4.98. The first-order valence-corrected chi connectivity index (χ1v) is 11.6. The highest BCUT2D eigenvalue weighted by Crippen LogP contribution is 2.51. The molecule has 170 valence electrons. The summed E-state index contributed by atoms with van der Waals surface area (Å²) in [5.41, 5.74) is 0.944. The summed E-state index contributed by atoms with van der Waals surface area (Å²) in [6.07, 6.45) is 8.55. The molecule has 1 saturated carbocycles. The van der Waals surface area contributed by atoms with Crippen molar-refractivity contribution in [3.63, 3.8) is 0 Å². The second-order valence-corrected chi connectivity index (χ2v) is 9.59. The first-order chi connectivity index (χ1) is 14.3. The van der Waals surface area contributed by atoms with Crippen LogP contribution in [0.5, 0.6) is 11.5 Å². The lowest BCUT2D eigenvalue weighted by atomic mass is 9.74. The average Bonchev–Trinajstić information content (AvgIpc) is 3.21. The first kappa shape index (κ1) is 23.4. The average molecular weight is 421 g/mol. The van der Waals surface area contributed by atoms with Crippen molar-refractivity contribution in [2.45, 2.75) is 95.4 Å². The van der Waals surface area contributed by atoms with Crippen LogP contribution in [-0.4, -0.2) is 38.3 Å². The molecule has 0 aromatic heterocycles. The van der Waals surface area contributed by atoms with Crippen LogP contribution < -0.4 is 9.47 Å². The molecule has 1 saturated heterocycles. The van der Waals surface area contributed by atoms with Crippen LogP contribution in [0.25, 0.3) is 0 Å². The molecule has 5 heteroatoms. The molecule has 1 N–H and O–H groups in total. The van der Waals surface area contributed by atoms with E-state index < -0.39 is 11.4 Å². The van der Waals surface area contributed by atoms with Gasteiger partial charge in [0.05, 0.1) is 38.6 Å². The Hall–Kier alpha value is -1.30. The quantitative estimate of drug-likeness (QED) is 0.538. The molecule has 0 radical (unpaired) electrons. The van der Waals surface area contributed by atoms with Gasteiger partial charge in [-0.05, 0) is 42.4 Å². The van der Waals surface area contributed by atoms with Gasteiger partial charge in [0, 0.05) is 12.8 Å². The van der Waals surface area contributed by atoms with Crippen LogP contribution in [0.1, 0.15) is 89.7 Å². The third-order valence-electron chi connectivity index (χ3n) is 7.06. The Kier molecular flexibility index (Phi) is 7.36. The SMILES string of the molecule is CCCCCCC(C)(C)c1cc(OC)c(C2(O)CCC3(CC2)OCCO3)c(OC)c1. The van der Waals surface area contributed by atoms with E-state index in [2.05, 4.69) is 32.9 Å². The Morgan fingerprint density at radius 1 is 0.933 bits per heavy atom. The van der Waals surface area contributed by atoms with Gasteiger partial charge in [0.1, 0.15) is 11.5 Å². The molecule has 2 fully saturated rings. The number of hydrogen-bond acceptors (Lipinski definition) is 5. The van der Waals surface area contributed by atoms with Gasteiger partial charge in [0.25, 0.3) is 0 Å². The van der Waals surface area contributed by atoms with Crippen LogP contribution in [0.4, 0.5) is 0 Å². The molecule has 3 rings (SSSR count). The number of rotatable bonds is 9. The highest BCUT2D eigenvalue weighted by atomic mass is 16.7. The standard InChI is InChI=1S/C25H40O5/c1-6-7-8-9-10-23(2,3)19-17-20(27-4)22(21(18-19)28-5)24(26)11-13-25(14-12-24)29-15-16-30-25/h17-18,26H,6-16H2,1-5H3. The Morgan fingerprint density at radius 2 is 1.50 bits per heavy atom. The summed E-state index contributed by atoms with van der Waals surface area (Å²) >= 11 is 0. The van der Waals surface area contributed by atoms with Gasteiger partial charge in [-0.1, -0.05) is 46.5 Å². The molecular weight excluding hydrogens is 380 g/mol. The van der Waals surface area contributed by atoms with Crippen LogP contribution in [0, 0.1) is 0 Å². The summed E-state index contributed by atoms with van der Waals surface area (Å²) < 4.78 is 23.3. The second kappa shape index (κ2) is 9.46. The minimum Gasteiger partial charge on any atom is -0.496 e. The van der Waals surface area contributed by atoms with Crippen LogP contribution in [-0.2, 0) is 20.5 Å². The van der Waals surface area contributed by atoms with Gasteiger partial charge in [-0.25, -0.2) is 0 Å². The predicted octanol–water partition coefficient (Wildman–Crippen LogP) is 5.46. The third kappa shape index (κ3) is 4.79. The molecule has 5 nitrogen and oxygen atoms in total. The number of ether oxygens (including phenoxy) is 4. The highest BCUT2D eigenvalue weighted by molar-refractivity contribution is 5.53. The maximum atomic E-state index is 11.6. The molecule has 1 aromatic carbocycles. The fourth-order valence-electron chi connectivity index (χ4n) is 4.98. The van der Waals surface area contributed by atoms with E-state index in [1.165, 1.54) is 31.2 Å². The highest BCUT2D eigenvalue weighted by Gasteiger charge is 2.48. The normalized spacial score (nSPS) is 20.5. The number of benzene rings is 1. The van der Waals surface area contributed by atoms with Crippen molar-refractivity contribution in [3.8, 4) is 11.5 Å². The van der Waals surface area contributed by atoms with E-state index in [-0.39, 0.29) is 5.41 Å². The van der Waals surface area contributed by atoms with E-state index in [1.807, 2.05) is 0 Å². The smallest absolute Gasteiger partial charge is 0.168 e. The van der Waals surface area contributed by atoms with Crippen molar-refractivity contribution in [1.29, 1.82) is 0 Å². The zero-order valence-corrected chi connectivity index (χ0v) is 19.5. The van der Waals surface area contributed by atoms with Gasteiger partial charge in [-0.15, -0.1) is 0 Å². The number of hydrogen-bond donors (Lipinski definition) is 1. The summed E-state index contributed by atoms with van der Waals surface area (Å²) in [5.74, 6) is 0.892. The first-order valence-electron chi connectivity index (χ1n) is 11.6. The monoisotopic (exact) mass is 420 g/mol. The lowest BCUT2D eigenvalue weighted by Crippen LogP contribution is -2.42. The molecule has 0 atom stereocenters. The maximum Gasteiger partial charge on any atom is 0.168 e. The van der Waals surface area contributed by atoms with Gasteiger partial charge < -0.3 is 24.1 Å². The van der Waals surface area contributed by atoms with Crippen LogP contribution in [0.3, 0.4) is 0 Å². The number of aliphatic hydroxyl groups is 1. The fraction of sp³-hybridized carbons (Fsp3) is 0.760. The van der Waals surface area contributed by atoms with Crippen molar-refractivity contribution in [3.05, 3.63) is 23.3 Å². The van der Waals surface area contributed by atoms with Gasteiger partial charge in [0.15, 0.2) is 5.79 Å². The maximum absolute atomic E-state index is 11.6. The Bertz CT molecular complexity index is 670. The summed E-state index contributed by atoms with van der Waals surface area (Å²) in [7, 11) is 3.35. The largest absolute Gasteiger partial charge is 0.496 e. The molecular formula is C25H40O5. The van der Waals surface area contributed by atoms with E-state index in [0.29, 0.717) is 50.4 Å². The molecule has 1 heterocycles. The third-order valence-corrected chi connectivity index (χ3v) is 7.06. The minimum absolute atomic E-state index is 0.0115. The van der Waals surface area contributed by atoms with Crippen molar-refractivity contribution in [2.75, 3.05) is 27.4 Å². The molecule has 2 aliphatic rings. The van der Waals surface area contributed by atoms with Crippen molar-refractivity contribution in [1.82, 2.24) is 0 Å². The van der Waals surface area contributed by atoms with Crippen LogP contribution in [0.2, 0.25) is 0 Å². The molecule has 1 aliphatic carbocycles. The minimum atomic E-state index is -1.01. The number of unbranched alkanes of at least 4 members (excludes halogenated alkanes) is 3. The van der Waals surface area contributed by atoms with Crippen LogP contribution >= 0.6 is 0 Å². The molecule has 0 unspecified atom stereocenters. The zero-order valence-electron chi connectivity index (χ0n) is 19.5. The Labute approximate surface area is 182 Å². The van der Waals surface area contributed by atoms with Gasteiger partial charge in [-0.2, -0.15) is 0 Å². The molecule has 1 aliphatic heterocycles. The molecule has 0 bridgehead atoms. The van der Waals surface area contributed by atoms with Crippen molar-refractivity contribution >= 4 is 0 Å². The molecule has 1 spiro atoms. The molecule has 0 amide bonds. The summed E-state index contributed by atoms with van der Waals surface area (Å²) in [6.45, 7) is 8.06. The van der Waals surface area contributed by atoms with E-state index in [9.17, 15) is 5.11 Å². The molecule has 30 heavy (non-hydrogen) atoms. The van der Waals surface area contributed by atoms with Gasteiger partial charge in [0.2, 0.25) is 0 Å². The van der Waals surface area contributed by atoms with Gasteiger partial charge in [-0.3, -0.25) is 0 Å². The van der Waals surface area contributed by atoms with E-state index >= 15 is 0 Å². The lowest BCUT2D eigenvalue weighted by molar-refractivity contribution is -0.204. The zero-order chi connectivity index (χ0) is 21.8. The van der Waals surface area contributed by atoms with Gasteiger partial charge >= 0.3 is 0 Å². The summed E-state index contributed by atoms with van der Waals surface area (Å²) in [4.78, 5) is 0. The van der Waals surface area contributed by atoms with E-state index in [0.717, 1.165) is 12.0 Å². The van der Waals surface area contributed by atoms with Crippen molar-refractivity contribution in [2.24, 2.45) is 0 Å². The molecule has 1 aromatic rings. The van der Waals surface area contributed by atoms with E-state index in [4.69, 9.17) is 18.9 Å². The predicted molar refractivity (Wildman–Crippen MR) is 118 cm³/mol. The van der Waals surface area contributed by atoms with Crippen LogP contribution in [0.15, 0.2) is 12.1 Å². The second-order valence-electron chi connectivity index (χ2n) is 9.59.